The lowest BCUT2D eigenvalue weighted by Gasteiger charge is -2.59. The molecule has 9 nitrogen and oxygen atoms in total. The number of carbonyl (C=O) groups is 5. The van der Waals surface area contributed by atoms with E-state index in [1.54, 1.807) is 73.7 Å². The highest BCUT2D eigenvalue weighted by Gasteiger charge is 2.64. The lowest BCUT2D eigenvalue weighted by atomic mass is 9.49. The first-order chi connectivity index (χ1) is 25.7. The van der Waals surface area contributed by atoms with Gasteiger partial charge in [-0.3, -0.25) is 9.59 Å². The van der Waals surface area contributed by atoms with Gasteiger partial charge in [-0.25, -0.2) is 14.4 Å². The Labute approximate surface area is 316 Å². The fraction of sp³-hybridized carbons (Fsp3) is 0.356. The summed E-state index contributed by atoms with van der Waals surface area (Å²) in [4.78, 5) is 68.4. The maximum Gasteiger partial charge on any atom is 0.338 e. The predicted molar refractivity (Wildman–Crippen MR) is 202 cm³/mol. The molecule has 3 aliphatic rings. The molecule has 0 aromatic heterocycles. The molecular weight excluding hydrogens is 684 g/mol. The molecule has 0 radical (unpaired) electrons. The highest BCUT2D eigenvalue weighted by Crippen LogP contribution is 2.60. The van der Waals surface area contributed by atoms with Gasteiger partial charge >= 0.3 is 23.9 Å². The number of allylic oxidation sites excluding steroid dienone is 1. The van der Waals surface area contributed by atoms with Crippen LogP contribution in [0.3, 0.4) is 0 Å². The van der Waals surface area contributed by atoms with Crippen LogP contribution in [-0.4, -0.2) is 54.1 Å². The number of Topliss-reactive ketones (excluding diaryl/α,β-unsaturated/α-hetero) is 1. The molecule has 2 bridgehead atoms. The molecule has 2 fully saturated rings. The van der Waals surface area contributed by atoms with E-state index in [0.717, 1.165) is 5.56 Å². The van der Waals surface area contributed by atoms with Crippen LogP contribution in [0.1, 0.15) is 80.2 Å². The zero-order valence-corrected chi connectivity index (χ0v) is 31.3. The monoisotopic (exact) mass is 730 g/mol. The molecule has 0 aliphatic heterocycles. The van der Waals surface area contributed by atoms with Crippen LogP contribution in [0.25, 0.3) is 6.08 Å². The molecule has 54 heavy (non-hydrogen) atoms. The molecule has 0 unspecified atom stereocenters. The fourth-order valence-electron chi connectivity index (χ4n) is 8.81. The summed E-state index contributed by atoms with van der Waals surface area (Å²) in [7, 11) is 0. The second kappa shape index (κ2) is 15.4. The van der Waals surface area contributed by atoms with E-state index in [1.165, 1.54) is 13.0 Å². The quantitative estimate of drug-likeness (QED) is 0.0985. The van der Waals surface area contributed by atoms with Crippen LogP contribution in [0.4, 0.5) is 0 Å². The Bertz CT molecular complexity index is 2000. The average Bonchev–Trinajstić information content (AvgIpc) is 3.15. The maximum atomic E-state index is 14.1. The molecule has 0 saturated heterocycles. The number of hydrogen-bond donors (Lipinski definition) is 0. The Morgan fingerprint density at radius 2 is 1.33 bits per heavy atom. The van der Waals surface area contributed by atoms with Crippen LogP contribution in [0.5, 0.6) is 0 Å². The van der Waals surface area contributed by atoms with E-state index in [2.05, 4.69) is 6.58 Å². The van der Waals surface area contributed by atoms with Crippen molar-refractivity contribution in [1.29, 1.82) is 0 Å². The van der Waals surface area contributed by atoms with E-state index < -0.39 is 71.0 Å². The summed E-state index contributed by atoms with van der Waals surface area (Å²) in [5.74, 6) is -4.10. The Morgan fingerprint density at radius 3 is 1.91 bits per heavy atom. The molecule has 3 aromatic rings. The van der Waals surface area contributed by atoms with Gasteiger partial charge in [0.05, 0.1) is 11.1 Å². The van der Waals surface area contributed by atoms with Crippen molar-refractivity contribution in [2.75, 3.05) is 0 Å². The Morgan fingerprint density at radius 1 is 0.778 bits per heavy atom. The van der Waals surface area contributed by atoms with Crippen LogP contribution >= 0.6 is 0 Å². The Kier molecular flexibility index (Phi) is 10.9. The maximum absolute atomic E-state index is 14.1. The van der Waals surface area contributed by atoms with E-state index in [4.69, 9.17) is 18.9 Å². The number of esters is 4. The first-order valence-electron chi connectivity index (χ1n) is 18.3. The van der Waals surface area contributed by atoms with Crippen molar-refractivity contribution >= 4 is 35.7 Å². The summed E-state index contributed by atoms with van der Waals surface area (Å²) in [5, 5.41) is 0. The van der Waals surface area contributed by atoms with Gasteiger partial charge in [-0.15, -0.1) is 0 Å². The lowest BCUT2D eigenvalue weighted by Crippen LogP contribution is -2.64. The molecule has 3 aliphatic carbocycles. The van der Waals surface area contributed by atoms with Gasteiger partial charge in [0.2, 0.25) is 0 Å². The van der Waals surface area contributed by atoms with Crippen molar-refractivity contribution in [3.63, 3.8) is 0 Å². The van der Waals surface area contributed by atoms with E-state index in [1.807, 2.05) is 51.1 Å². The summed E-state index contributed by atoms with van der Waals surface area (Å²) in [6.07, 6.45) is -0.561. The van der Waals surface area contributed by atoms with Crippen molar-refractivity contribution in [3.05, 3.63) is 137 Å². The summed E-state index contributed by atoms with van der Waals surface area (Å²) in [6, 6.07) is 26.3. The normalized spacial score (nSPS) is 27.6. The Balaban J connectivity index is 1.51. The fourth-order valence-corrected chi connectivity index (χ4v) is 8.81. The van der Waals surface area contributed by atoms with Crippen molar-refractivity contribution < 1.29 is 42.9 Å². The number of ketones is 1. The van der Waals surface area contributed by atoms with E-state index in [0.29, 0.717) is 16.7 Å². The number of rotatable bonds is 8. The van der Waals surface area contributed by atoms with Crippen molar-refractivity contribution in [2.45, 2.75) is 78.3 Å². The molecule has 0 spiro atoms. The van der Waals surface area contributed by atoms with Crippen molar-refractivity contribution in [1.82, 2.24) is 0 Å². The summed E-state index contributed by atoms with van der Waals surface area (Å²) in [5.41, 5.74) is 0.682. The number of benzene rings is 3. The van der Waals surface area contributed by atoms with Gasteiger partial charge in [-0.1, -0.05) is 94.1 Å². The summed E-state index contributed by atoms with van der Waals surface area (Å²) >= 11 is 0. The van der Waals surface area contributed by atoms with Crippen LogP contribution in [0, 0.1) is 22.7 Å². The molecular formula is C45H46O9. The SMILES string of the molecule is C=C1[C@@H](OC(=O)/C=C/c2ccccc2)CC[C@@]2(C)[C@@H](OC(=O)c3ccccc3)[C@H](OC(=O)c3ccccc3)C3=C(C)C(=O)C[C@@H]([C@@H](OC(C)=O)[C@H]12)C3(C)C. The number of ether oxygens (including phenoxy) is 4. The lowest BCUT2D eigenvalue weighted by molar-refractivity contribution is -0.184. The molecule has 6 rings (SSSR count). The third kappa shape index (κ3) is 7.45. The molecule has 0 heterocycles. The van der Waals surface area contributed by atoms with Crippen LogP contribution in [0.2, 0.25) is 0 Å². The molecule has 0 amide bonds. The van der Waals surface area contributed by atoms with Gasteiger partial charge in [0.1, 0.15) is 18.3 Å². The smallest absolute Gasteiger partial charge is 0.338 e. The van der Waals surface area contributed by atoms with Crippen molar-refractivity contribution in [2.24, 2.45) is 22.7 Å². The minimum atomic E-state index is -1.22. The van der Waals surface area contributed by atoms with Gasteiger partial charge in [-0.2, -0.15) is 0 Å². The van der Waals surface area contributed by atoms with E-state index in [9.17, 15) is 24.0 Å². The topological polar surface area (TPSA) is 122 Å². The number of carbonyl (C=O) groups excluding carboxylic acids is 5. The predicted octanol–water partition coefficient (Wildman–Crippen LogP) is 7.91. The average molecular weight is 731 g/mol. The van der Waals surface area contributed by atoms with Crippen LogP contribution in [-0.2, 0) is 33.3 Å². The highest BCUT2D eigenvalue weighted by atomic mass is 16.6. The zero-order valence-electron chi connectivity index (χ0n) is 31.3. The molecule has 3 aromatic carbocycles. The van der Waals surface area contributed by atoms with Gasteiger partial charge in [-0.05, 0) is 77.8 Å². The van der Waals surface area contributed by atoms with Gasteiger partial charge < -0.3 is 18.9 Å². The first-order valence-corrected chi connectivity index (χ1v) is 18.3. The molecule has 0 N–H and O–H groups in total. The van der Waals surface area contributed by atoms with Crippen LogP contribution in [0.15, 0.2) is 120 Å². The molecule has 9 heteroatoms. The van der Waals surface area contributed by atoms with Crippen LogP contribution < -0.4 is 0 Å². The second-order valence-electron chi connectivity index (χ2n) is 15.2. The largest absolute Gasteiger partial charge is 0.462 e. The summed E-state index contributed by atoms with van der Waals surface area (Å²) in [6.45, 7) is 13.3. The van der Waals surface area contributed by atoms with E-state index >= 15 is 0 Å². The van der Waals surface area contributed by atoms with Crippen molar-refractivity contribution in [3.8, 4) is 0 Å². The molecule has 2 saturated carbocycles. The van der Waals surface area contributed by atoms with Gasteiger partial charge in [0, 0.05) is 36.7 Å². The standard InChI is InChI=1S/C45H46O9/c1-27-34(47)26-33-39(51-29(3)46)38-28(2)35(52-36(48)23-22-30-16-10-7-11-17-30)24-25-45(38,6)41(54-43(50)32-20-14-9-15-21-32)40(37(27)44(33,4)5)53-42(49)31-18-12-8-13-19-31/h7-23,33,35,38-41H,2,24-26H2,1,3-6H3/b23-22+/t33-,35-,38-,39+,40+,41-,45+/m0/s1. The first kappa shape index (κ1) is 38.2. The number of hydrogen-bond acceptors (Lipinski definition) is 9. The molecule has 280 valence electrons. The van der Waals surface area contributed by atoms with E-state index in [-0.39, 0.29) is 36.2 Å². The highest BCUT2D eigenvalue weighted by molar-refractivity contribution is 5.98. The number of fused-ring (bicyclic) bond motifs is 3. The third-order valence-corrected chi connectivity index (χ3v) is 11.5. The minimum absolute atomic E-state index is 0.0399. The van der Waals surface area contributed by atoms with Gasteiger partial charge in [0.25, 0.3) is 0 Å². The zero-order chi connectivity index (χ0) is 38.8. The molecule has 7 atom stereocenters. The third-order valence-electron chi connectivity index (χ3n) is 11.5. The van der Waals surface area contributed by atoms with Gasteiger partial charge in [0.15, 0.2) is 11.9 Å². The Hall–Kier alpha value is -5.57. The minimum Gasteiger partial charge on any atom is -0.462 e. The second-order valence-corrected chi connectivity index (χ2v) is 15.2. The summed E-state index contributed by atoms with van der Waals surface area (Å²) < 4.78 is 25.3.